The van der Waals surface area contributed by atoms with E-state index in [1.165, 1.54) is 25.7 Å². The predicted molar refractivity (Wildman–Crippen MR) is 71.1 cm³/mol. The summed E-state index contributed by atoms with van der Waals surface area (Å²) in [6.07, 6.45) is 7.57. The highest BCUT2D eigenvalue weighted by atomic mass is 32.2. The van der Waals surface area contributed by atoms with Crippen LogP contribution in [0.5, 0.6) is 0 Å². The van der Waals surface area contributed by atoms with Gasteiger partial charge in [-0.25, -0.2) is 0 Å². The Morgan fingerprint density at radius 2 is 2.06 bits per heavy atom. The van der Waals surface area contributed by atoms with E-state index in [1.54, 1.807) is 0 Å². The fourth-order valence-corrected chi connectivity index (χ4v) is 3.43. The Bertz CT molecular complexity index is 345. The number of thioether (sulfide) groups is 1. The van der Waals surface area contributed by atoms with E-state index in [2.05, 4.69) is 11.6 Å². The molecule has 1 saturated carbocycles. The zero-order chi connectivity index (χ0) is 12.1. The summed E-state index contributed by atoms with van der Waals surface area (Å²) in [5, 5.41) is 12.4. The molecule has 0 aliphatic heterocycles. The van der Waals surface area contributed by atoms with Crippen LogP contribution in [0.1, 0.15) is 37.2 Å². The van der Waals surface area contributed by atoms with Crippen LogP contribution in [0.3, 0.4) is 0 Å². The average molecular weight is 255 g/mol. The second-order valence-corrected chi connectivity index (χ2v) is 6.00. The van der Waals surface area contributed by atoms with Crippen molar-refractivity contribution in [1.29, 1.82) is 0 Å². The summed E-state index contributed by atoms with van der Waals surface area (Å²) in [6, 6.07) is 3.76. The van der Waals surface area contributed by atoms with Crippen molar-refractivity contribution in [1.82, 2.24) is 5.32 Å². The summed E-state index contributed by atoms with van der Waals surface area (Å²) in [5.74, 6) is 1.55. The Balaban J connectivity index is 1.78. The van der Waals surface area contributed by atoms with Gasteiger partial charge in [0.15, 0.2) is 0 Å². The highest BCUT2D eigenvalue weighted by Crippen LogP contribution is 2.39. The SMILES string of the molecule is CSC1(CNCc2ccc(CO)o2)CCCC1. The lowest BCUT2D eigenvalue weighted by molar-refractivity contribution is 0.242. The molecule has 0 radical (unpaired) electrons. The number of hydrogen-bond acceptors (Lipinski definition) is 4. The maximum Gasteiger partial charge on any atom is 0.129 e. The molecule has 4 heteroatoms. The molecule has 0 bridgehead atoms. The van der Waals surface area contributed by atoms with Crippen LogP contribution in [-0.4, -0.2) is 22.7 Å². The molecule has 2 N–H and O–H groups in total. The first-order valence-electron chi connectivity index (χ1n) is 6.22. The van der Waals surface area contributed by atoms with Crippen LogP contribution in [0.15, 0.2) is 16.5 Å². The molecule has 1 aliphatic rings. The van der Waals surface area contributed by atoms with E-state index in [0.717, 1.165) is 18.8 Å². The summed E-state index contributed by atoms with van der Waals surface area (Å²) >= 11 is 1.99. The lowest BCUT2D eigenvalue weighted by Gasteiger charge is -2.26. The van der Waals surface area contributed by atoms with Crippen molar-refractivity contribution in [2.45, 2.75) is 43.6 Å². The zero-order valence-electron chi connectivity index (χ0n) is 10.4. The number of aliphatic hydroxyl groups excluding tert-OH is 1. The molecule has 1 heterocycles. The van der Waals surface area contributed by atoms with Crippen molar-refractivity contribution in [2.24, 2.45) is 0 Å². The quantitative estimate of drug-likeness (QED) is 0.820. The number of hydrogen-bond donors (Lipinski definition) is 2. The van der Waals surface area contributed by atoms with Gasteiger partial charge in [0.25, 0.3) is 0 Å². The molecule has 1 aliphatic carbocycles. The van der Waals surface area contributed by atoms with Gasteiger partial charge in [-0.05, 0) is 31.2 Å². The van der Waals surface area contributed by atoms with Gasteiger partial charge in [-0.1, -0.05) is 12.8 Å². The molecule has 1 aromatic rings. The number of rotatable bonds is 6. The highest BCUT2D eigenvalue weighted by molar-refractivity contribution is 8.00. The van der Waals surface area contributed by atoms with Gasteiger partial charge in [-0.15, -0.1) is 0 Å². The molecule has 2 rings (SSSR count). The zero-order valence-corrected chi connectivity index (χ0v) is 11.2. The topological polar surface area (TPSA) is 45.4 Å². The van der Waals surface area contributed by atoms with E-state index in [9.17, 15) is 0 Å². The first kappa shape index (κ1) is 13.0. The molecule has 0 saturated heterocycles. The lowest BCUT2D eigenvalue weighted by atomic mass is 10.1. The third-order valence-electron chi connectivity index (χ3n) is 3.57. The van der Waals surface area contributed by atoms with Gasteiger partial charge >= 0.3 is 0 Å². The molecule has 17 heavy (non-hydrogen) atoms. The Hall–Kier alpha value is -0.450. The van der Waals surface area contributed by atoms with E-state index in [1.807, 2.05) is 23.9 Å². The minimum absolute atomic E-state index is 0.0191. The second kappa shape index (κ2) is 5.94. The van der Waals surface area contributed by atoms with Crippen molar-refractivity contribution >= 4 is 11.8 Å². The molecule has 0 amide bonds. The van der Waals surface area contributed by atoms with Crippen molar-refractivity contribution in [3.63, 3.8) is 0 Å². The third kappa shape index (κ3) is 3.27. The van der Waals surface area contributed by atoms with Gasteiger partial charge in [-0.3, -0.25) is 0 Å². The molecule has 96 valence electrons. The molecule has 3 nitrogen and oxygen atoms in total. The Labute approximate surface area is 107 Å². The first-order chi connectivity index (χ1) is 8.28. The molecular weight excluding hydrogens is 234 g/mol. The lowest BCUT2D eigenvalue weighted by Crippen LogP contribution is -2.34. The van der Waals surface area contributed by atoms with Crippen molar-refractivity contribution in [2.75, 3.05) is 12.8 Å². The largest absolute Gasteiger partial charge is 0.462 e. The fraction of sp³-hybridized carbons (Fsp3) is 0.692. The number of furan rings is 1. The van der Waals surface area contributed by atoms with Crippen LogP contribution in [0.25, 0.3) is 0 Å². The third-order valence-corrected chi connectivity index (χ3v) is 4.99. The molecule has 1 aromatic heterocycles. The van der Waals surface area contributed by atoms with Gasteiger partial charge in [0.05, 0.1) is 6.54 Å². The standard InChI is InChI=1S/C13H21NO2S/c1-17-13(6-2-3-7-13)10-14-8-11-4-5-12(9-15)16-11/h4-5,14-15H,2-3,6-10H2,1H3. The second-order valence-electron chi connectivity index (χ2n) is 4.72. The Morgan fingerprint density at radius 3 is 2.65 bits per heavy atom. The van der Waals surface area contributed by atoms with E-state index in [4.69, 9.17) is 9.52 Å². The van der Waals surface area contributed by atoms with Gasteiger partial charge in [0, 0.05) is 11.3 Å². The van der Waals surface area contributed by atoms with Crippen molar-refractivity contribution in [3.8, 4) is 0 Å². The summed E-state index contributed by atoms with van der Waals surface area (Å²) in [7, 11) is 0. The van der Waals surface area contributed by atoms with Crippen LogP contribution in [0.2, 0.25) is 0 Å². The maximum absolute atomic E-state index is 8.91. The summed E-state index contributed by atoms with van der Waals surface area (Å²) in [5.41, 5.74) is 0. The monoisotopic (exact) mass is 255 g/mol. The minimum atomic E-state index is -0.0191. The molecule has 0 aromatic carbocycles. The van der Waals surface area contributed by atoms with Crippen LogP contribution in [0, 0.1) is 0 Å². The first-order valence-corrected chi connectivity index (χ1v) is 7.45. The Morgan fingerprint density at radius 1 is 1.35 bits per heavy atom. The van der Waals surface area contributed by atoms with Crippen LogP contribution in [0.4, 0.5) is 0 Å². The van der Waals surface area contributed by atoms with Gasteiger partial charge in [0.1, 0.15) is 18.1 Å². The summed E-state index contributed by atoms with van der Waals surface area (Å²) < 4.78 is 5.88. The summed E-state index contributed by atoms with van der Waals surface area (Å²) in [4.78, 5) is 0. The minimum Gasteiger partial charge on any atom is -0.462 e. The van der Waals surface area contributed by atoms with E-state index in [-0.39, 0.29) is 6.61 Å². The summed E-state index contributed by atoms with van der Waals surface area (Å²) in [6.45, 7) is 1.78. The van der Waals surface area contributed by atoms with Crippen LogP contribution in [-0.2, 0) is 13.2 Å². The predicted octanol–water partition coefficient (Wildman–Crippen LogP) is 2.54. The fourth-order valence-electron chi connectivity index (χ4n) is 2.49. The van der Waals surface area contributed by atoms with Crippen molar-refractivity contribution in [3.05, 3.63) is 23.7 Å². The van der Waals surface area contributed by atoms with E-state index >= 15 is 0 Å². The highest BCUT2D eigenvalue weighted by Gasteiger charge is 2.32. The van der Waals surface area contributed by atoms with Gasteiger partial charge < -0.3 is 14.8 Å². The van der Waals surface area contributed by atoms with Gasteiger partial charge in [-0.2, -0.15) is 11.8 Å². The van der Waals surface area contributed by atoms with Crippen LogP contribution < -0.4 is 5.32 Å². The maximum atomic E-state index is 8.91. The number of aliphatic hydroxyl groups is 1. The number of nitrogens with one attached hydrogen (secondary N) is 1. The van der Waals surface area contributed by atoms with Gasteiger partial charge in [0.2, 0.25) is 0 Å². The molecular formula is C13H21NO2S. The molecule has 0 unspecified atom stereocenters. The Kier molecular flexibility index (Phi) is 4.54. The molecule has 1 fully saturated rings. The molecule has 0 spiro atoms. The van der Waals surface area contributed by atoms with E-state index in [0.29, 0.717) is 10.5 Å². The average Bonchev–Trinajstić information content (AvgIpc) is 2.98. The smallest absolute Gasteiger partial charge is 0.129 e. The van der Waals surface area contributed by atoms with Crippen molar-refractivity contribution < 1.29 is 9.52 Å². The van der Waals surface area contributed by atoms with Crippen LogP contribution >= 0.6 is 11.8 Å². The van der Waals surface area contributed by atoms with E-state index < -0.39 is 0 Å². The normalized spacial score (nSPS) is 18.7. The molecule has 0 atom stereocenters.